The van der Waals surface area contributed by atoms with Crippen molar-refractivity contribution in [3.63, 3.8) is 0 Å². The molecule has 0 heterocycles. The summed E-state index contributed by atoms with van der Waals surface area (Å²) in [5, 5.41) is 8.91. The molecular weight excluding hydrogens is 328 g/mol. The van der Waals surface area contributed by atoms with Gasteiger partial charge in [0.2, 0.25) is 0 Å². The SMILES string of the molecule is Cc1ccc(C(=O)N(C)Cc2cccc(C#N)c2)c(Br)c1. The molecule has 3 nitrogen and oxygen atoms in total. The van der Waals surface area contributed by atoms with Crippen molar-refractivity contribution in [1.82, 2.24) is 4.90 Å². The number of hydrogen-bond donors (Lipinski definition) is 0. The number of aryl methyl sites for hydroxylation is 1. The number of hydrogen-bond acceptors (Lipinski definition) is 2. The van der Waals surface area contributed by atoms with Gasteiger partial charge in [0.05, 0.1) is 17.2 Å². The highest BCUT2D eigenvalue weighted by molar-refractivity contribution is 9.10. The molecule has 21 heavy (non-hydrogen) atoms. The number of rotatable bonds is 3. The second-order valence-electron chi connectivity index (χ2n) is 4.96. The largest absolute Gasteiger partial charge is 0.337 e. The van der Waals surface area contributed by atoms with Gasteiger partial charge in [-0.25, -0.2) is 0 Å². The first-order valence-electron chi connectivity index (χ1n) is 6.52. The van der Waals surface area contributed by atoms with Gasteiger partial charge in [0.25, 0.3) is 5.91 Å². The van der Waals surface area contributed by atoms with Crippen LogP contribution in [0.15, 0.2) is 46.9 Å². The van der Waals surface area contributed by atoms with E-state index in [9.17, 15) is 4.79 Å². The maximum absolute atomic E-state index is 12.5. The zero-order chi connectivity index (χ0) is 15.4. The van der Waals surface area contributed by atoms with E-state index in [-0.39, 0.29) is 5.91 Å². The highest BCUT2D eigenvalue weighted by atomic mass is 79.9. The van der Waals surface area contributed by atoms with Crippen LogP contribution in [0.3, 0.4) is 0 Å². The minimum atomic E-state index is -0.0516. The zero-order valence-corrected chi connectivity index (χ0v) is 13.5. The van der Waals surface area contributed by atoms with Gasteiger partial charge >= 0.3 is 0 Å². The monoisotopic (exact) mass is 342 g/mol. The molecule has 106 valence electrons. The number of benzene rings is 2. The van der Waals surface area contributed by atoms with E-state index >= 15 is 0 Å². The van der Waals surface area contributed by atoms with E-state index in [1.54, 1.807) is 24.1 Å². The number of amides is 1. The van der Waals surface area contributed by atoms with Gasteiger partial charge in [-0.1, -0.05) is 18.2 Å². The smallest absolute Gasteiger partial charge is 0.255 e. The Balaban J connectivity index is 2.17. The Morgan fingerprint density at radius 1 is 1.29 bits per heavy atom. The van der Waals surface area contributed by atoms with Crippen LogP contribution >= 0.6 is 15.9 Å². The lowest BCUT2D eigenvalue weighted by Gasteiger charge is -2.18. The van der Waals surface area contributed by atoms with Crippen molar-refractivity contribution in [3.05, 3.63) is 69.2 Å². The van der Waals surface area contributed by atoms with Crippen LogP contribution in [0.4, 0.5) is 0 Å². The Labute approximate surface area is 132 Å². The Morgan fingerprint density at radius 3 is 2.71 bits per heavy atom. The van der Waals surface area contributed by atoms with Crippen LogP contribution < -0.4 is 0 Å². The number of halogens is 1. The quantitative estimate of drug-likeness (QED) is 0.848. The molecule has 0 fully saturated rings. The van der Waals surface area contributed by atoms with E-state index in [0.717, 1.165) is 15.6 Å². The standard InChI is InChI=1S/C17H15BrN2O/c1-12-6-7-15(16(18)8-12)17(21)20(2)11-14-5-3-4-13(9-14)10-19/h3-9H,11H2,1-2H3. The summed E-state index contributed by atoms with van der Waals surface area (Å²) in [7, 11) is 1.76. The maximum atomic E-state index is 12.5. The lowest BCUT2D eigenvalue weighted by Crippen LogP contribution is -2.26. The van der Waals surface area contributed by atoms with Crippen LogP contribution in [0, 0.1) is 18.3 Å². The predicted molar refractivity (Wildman–Crippen MR) is 85.8 cm³/mol. The zero-order valence-electron chi connectivity index (χ0n) is 11.9. The van der Waals surface area contributed by atoms with E-state index in [1.165, 1.54) is 0 Å². The maximum Gasteiger partial charge on any atom is 0.255 e. The van der Waals surface area contributed by atoms with Gasteiger partial charge in [0.15, 0.2) is 0 Å². The Hall–Kier alpha value is -2.12. The molecule has 0 aliphatic rings. The first kappa shape index (κ1) is 15.3. The molecule has 0 unspecified atom stereocenters. The van der Waals surface area contributed by atoms with Gasteiger partial charge in [-0.3, -0.25) is 4.79 Å². The summed E-state index contributed by atoms with van der Waals surface area (Å²) in [6, 6.07) is 15.1. The molecule has 0 saturated heterocycles. The molecule has 2 rings (SSSR count). The first-order valence-corrected chi connectivity index (χ1v) is 7.31. The second kappa shape index (κ2) is 6.55. The van der Waals surface area contributed by atoms with Gasteiger partial charge in [0.1, 0.15) is 0 Å². The molecule has 1 amide bonds. The number of carbonyl (C=O) groups is 1. The predicted octanol–water partition coefficient (Wildman–Crippen LogP) is 3.90. The fourth-order valence-corrected chi connectivity index (χ4v) is 2.75. The first-order chi connectivity index (χ1) is 10.0. The third-order valence-corrected chi connectivity index (χ3v) is 3.83. The molecular formula is C17H15BrN2O. The normalized spacial score (nSPS) is 10.0. The average molecular weight is 343 g/mol. The van der Waals surface area contributed by atoms with Crippen molar-refractivity contribution >= 4 is 21.8 Å². The van der Waals surface area contributed by atoms with Crippen molar-refractivity contribution in [1.29, 1.82) is 5.26 Å². The molecule has 0 spiro atoms. The molecule has 0 aromatic heterocycles. The van der Waals surface area contributed by atoms with Gasteiger partial charge in [-0.15, -0.1) is 0 Å². The molecule has 0 saturated carbocycles. The summed E-state index contributed by atoms with van der Waals surface area (Å²) in [6.45, 7) is 2.45. The molecule has 0 bridgehead atoms. The average Bonchev–Trinajstić information content (AvgIpc) is 2.46. The van der Waals surface area contributed by atoms with Crippen molar-refractivity contribution in [3.8, 4) is 6.07 Å². The number of nitrogens with zero attached hydrogens (tertiary/aromatic N) is 2. The topological polar surface area (TPSA) is 44.1 Å². The molecule has 4 heteroatoms. The van der Waals surface area contributed by atoms with Crippen LogP contribution in [0.5, 0.6) is 0 Å². The summed E-state index contributed by atoms with van der Waals surface area (Å²) in [5.74, 6) is -0.0516. The molecule has 0 atom stereocenters. The van der Waals surface area contributed by atoms with Crippen LogP contribution in [0.25, 0.3) is 0 Å². The van der Waals surface area contributed by atoms with Crippen LogP contribution in [-0.2, 0) is 6.54 Å². The van der Waals surface area contributed by atoms with Crippen molar-refractivity contribution < 1.29 is 4.79 Å². The summed E-state index contributed by atoms with van der Waals surface area (Å²) in [4.78, 5) is 14.1. The van der Waals surface area contributed by atoms with Crippen LogP contribution in [-0.4, -0.2) is 17.9 Å². The van der Waals surface area contributed by atoms with Crippen LogP contribution in [0.1, 0.15) is 27.0 Å². The molecule has 0 N–H and O–H groups in total. The van der Waals surface area contributed by atoms with Crippen molar-refractivity contribution in [2.24, 2.45) is 0 Å². The lowest BCUT2D eigenvalue weighted by atomic mass is 10.1. The van der Waals surface area contributed by atoms with E-state index in [4.69, 9.17) is 5.26 Å². The molecule has 0 aliphatic carbocycles. The van der Waals surface area contributed by atoms with Crippen LogP contribution in [0.2, 0.25) is 0 Å². The Morgan fingerprint density at radius 2 is 2.05 bits per heavy atom. The van der Waals surface area contributed by atoms with E-state index < -0.39 is 0 Å². The van der Waals surface area contributed by atoms with Gasteiger partial charge < -0.3 is 4.90 Å². The summed E-state index contributed by atoms with van der Waals surface area (Å²) >= 11 is 3.43. The van der Waals surface area contributed by atoms with E-state index in [1.807, 2.05) is 37.3 Å². The third kappa shape index (κ3) is 3.71. The fourth-order valence-electron chi connectivity index (χ4n) is 2.08. The summed E-state index contributed by atoms with van der Waals surface area (Å²) in [5.41, 5.74) is 3.28. The van der Waals surface area contributed by atoms with Gasteiger partial charge in [-0.05, 0) is 58.2 Å². The van der Waals surface area contributed by atoms with Crippen molar-refractivity contribution in [2.45, 2.75) is 13.5 Å². The van der Waals surface area contributed by atoms with Gasteiger partial charge in [0, 0.05) is 18.1 Å². The molecule has 0 radical (unpaired) electrons. The summed E-state index contributed by atoms with van der Waals surface area (Å²) < 4.78 is 0.796. The molecule has 2 aromatic rings. The number of nitriles is 1. The number of carbonyl (C=O) groups excluding carboxylic acids is 1. The second-order valence-corrected chi connectivity index (χ2v) is 5.81. The third-order valence-electron chi connectivity index (χ3n) is 3.18. The van der Waals surface area contributed by atoms with E-state index in [2.05, 4.69) is 22.0 Å². The van der Waals surface area contributed by atoms with Crippen molar-refractivity contribution in [2.75, 3.05) is 7.05 Å². The highest BCUT2D eigenvalue weighted by Gasteiger charge is 2.15. The summed E-state index contributed by atoms with van der Waals surface area (Å²) in [6.07, 6.45) is 0. The Kier molecular flexibility index (Phi) is 4.77. The highest BCUT2D eigenvalue weighted by Crippen LogP contribution is 2.20. The van der Waals surface area contributed by atoms with E-state index in [0.29, 0.717) is 17.7 Å². The molecule has 2 aromatic carbocycles. The van der Waals surface area contributed by atoms with Gasteiger partial charge in [-0.2, -0.15) is 5.26 Å². The minimum absolute atomic E-state index is 0.0516. The minimum Gasteiger partial charge on any atom is -0.337 e. The fraction of sp³-hybridized carbons (Fsp3) is 0.176. The lowest BCUT2D eigenvalue weighted by molar-refractivity contribution is 0.0784. The Bertz CT molecular complexity index is 719. The molecule has 0 aliphatic heterocycles.